The summed E-state index contributed by atoms with van der Waals surface area (Å²) in [4.78, 5) is 7.16. The molecule has 0 bridgehead atoms. The third kappa shape index (κ3) is 1.01. The molecule has 1 heterocycles. The van der Waals surface area contributed by atoms with Crippen molar-refractivity contribution in [2.24, 2.45) is 0 Å². The van der Waals surface area contributed by atoms with Crippen LogP contribution in [0.15, 0.2) is 12.3 Å². The molecule has 0 aliphatic rings. The van der Waals surface area contributed by atoms with Crippen molar-refractivity contribution in [1.29, 1.82) is 0 Å². The largest absolute Gasteiger partial charge is 0.390 e. The number of hydrogen-bond donors (Lipinski definition) is 1. The van der Waals surface area contributed by atoms with E-state index >= 15 is 0 Å². The summed E-state index contributed by atoms with van der Waals surface area (Å²) >= 11 is 0. The number of nitrogens with zero attached hydrogens (tertiary/aromatic N) is 2. The predicted molar refractivity (Wildman–Crippen MR) is 26.8 cm³/mol. The summed E-state index contributed by atoms with van der Waals surface area (Å²) in [7, 11) is 0. The van der Waals surface area contributed by atoms with Crippen LogP contribution in [0, 0.1) is 6.33 Å². The highest BCUT2D eigenvalue weighted by Crippen LogP contribution is 1.86. The van der Waals surface area contributed by atoms with Gasteiger partial charge in [0, 0.05) is 6.20 Å². The van der Waals surface area contributed by atoms with E-state index in [1.165, 1.54) is 0 Å². The minimum Gasteiger partial charge on any atom is -0.390 e. The third-order valence-corrected chi connectivity index (χ3v) is 0.755. The van der Waals surface area contributed by atoms with Crippen molar-refractivity contribution >= 4 is 0 Å². The van der Waals surface area contributed by atoms with E-state index in [0.29, 0.717) is 5.69 Å². The molecule has 0 atom stereocenters. The number of hydrogen-bond acceptors (Lipinski definition) is 3. The summed E-state index contributed by atoms with van der Waals surface area (Å²) < 4.78 is 0. The molecule has 1 aromatic heterocycles. The Labute approximate surface area is 47.0 Å². The molecule has 3 heteroatoms. The van der Waals surface area contributed by atoms with Crippen molar-refractivity contribution in [3.63, 3.8) is 0 Å². The lowest BCUT2D eigenvalue weighted by Gasteiger charge is -1.86. The Bertz CT molecular complexity index is 152. The molecule has 0 fully saturated rings. The summed E-state index contributed by atoms with van der Waals surface area (Å²) in [5.41, 5.74) is 0.597. The Morgan fingerprint density at radius 3 is 3.00 bits per heavy atom. The summed E-state index contributed by atoms with van der Waals surface area (Å²) in [5, 5.41) is 8.43. The van der Waals surface area contributed by atoms with Gasteiger partial charge in [-0.25, -0.2) is 9.97 Å². The second-order valence-corrected chi connectivity index (χ2v) is 1.31. The van der Waals surface area contributed by atoms with Crippen LogP contribution >= 0.6 is 0 Å². The molecule has 0 aliphatic carbocycles. The van der Waals surface area contributed by atoms with Gasteiger partial charge >= 0.3 is 0 Å². The van der Waals surface area contributed by atoms with Crippen LogP contribution in [-0.4, -0.2) is 15.1 Å². The third-order valence-electron chi connectivity index (χ3n) is 0.755. The smallest absolute Gasteiger partial charge is 0.198 e. The van der Waals surface area contributed by atoms with Gasteiger partial charge in [0.25, 0.3) is 0 Å². The Morgan fingerprint density at radius 1 is 1.75 bits per heavy atom. The minimum absolute atomic E-state index is 0.0426. The molecule has 8 heavy (non-hydrogen) atoms. The molecule has 1 rings (SSSR count). The van der Waals surface area contributed by atoms with E-state index in [1.807, 2.05) is 0 Å². The molecule has 1 N–H and O–H groups in total. The second-order valence-electron chi connectivity index (χ2n) is 1.31. The van der Waals surface area contributed by atoms with E-state index in [2.05, 4.69) is 16.3 Å². The van der Waals surface area contributed by atoms with E-state index in [4.69, 9.17) is 5.11 Å². The van der Waals surface area contributed by atoms with E-state index in [0.717, 1.165) is 0 Å². The Kier molecular flexibility index (Phi) is 1.54. The average Bonchev–Trinajstić information content (AvgIpc) is 1.90. The molecule has 41 valence electrons. The van der Waals surface area contributed by atoms with E-state index in [9.17, 15) is 0 Å². The van der Waals surface area contributed by atoms with Crippen LogP contribution < -0.4 is 0 Å². The maximum Gasteiger partial charge on any atom is 0.198 e. The zero-order valence-electron chi connectivity index (χ0n) is 4.20. The topological polar surface area (TPSA) is 46.0 Å². The normalized spacial score (nSPS) is 9.12. The van der Waals surface area contributed by atoms with Crippen molar-refractivity contribution in [2.45, 2.75) is 6.61 Å². The zero-order valence-corrected chi connectivity index (χ0v) is 4.20. The van der Waals surface area contributed by atoms with Crippen LogP contribution in [0.4, 0.5) is 0 Å². The SMILES string of the molecule is OCc1ccn[c]n1. The second kappa shape index (κ2) is 2.37. The first-order valence-corrected chi connectivity index (χ1v) is 2.22. The number of aromatic nitrogens is 2. The molecule has 0 aromatic carbocycles. The summed E-state index contributed by atoms with van der Waals surface area (Å²) in [6.07, 6.45) is 3.89. The van der Waals surface area contributed by atoms with Crippen LogP contribution in [0.25, 0.3) is 0 Å². The van der Waals surface area contributed by atoms with Gasteiger partial charge in [-0.2, -0.15) is 0 Å². The van der Waals surface area contributed by atoms with E-state index in [1.54, 1.807) is 12.3 Å². The Balaban J connectivity index is 2.83. The first kappa shape index (κ1) is 5.18. The number of aliphatic hydroxyl groups excluding tert-OH is 1. The van der Waals surface area contributed by atoms with E-state index < -0.39 is 0 Å². The lowest BCUT2D eigenvalue weighted by Crippen LogP contribution is -1.87. The van der Waals surface area contributed by atoms with E-state index in [-0.39, 0.29) is 6.61 Å². The minimum atomic E-state index is -0.0426. The maximum absolute atomic E-state index is 8.43. The van der Waals surface area contributed by atoms with Crippen LogP contribution in [0.5, 0.6) is 0 Å². The van der Waals surface area contributed by atoms with Crippen LogP contribution in [0.3, 0.4) is 0 Å². The van der Waals surface area contributed by atoms with Crippen molar-refractivity contribution in [3.8, 4) is 0 Å². The molecule has 0 aliphatic heterocycles. The van der Waals surface area contributed by atoms with Gasteiger partial charge in [0.1, 0.15) is 0 Å². The van der Waals surface area contributed by atoms with Gasteiger partial charge in [0.05, 0.1) is 12.3 Å². The molecular formula is C5H5N2O. The average molecular weight is 109 g/mol. The van der Waals surface area contributed by atoms with Crippen molar-refractivity contribution in [2.75, 3.05) is 0 Å². The zero-order chi connectivity index (χ0) is 5.82. The Morgan fingerprint density at radius 2 is 2.62 bits per heavy atom. The highest BCUT2D eigenvalue weighted by atomic mass is 16.3. The summed E-state index contributed by atoms with van der Waals surface area (Å²) in [6.45, 7) is -0.0426. The van der Waals surface area contributed by atoms with Gasteiger partial charge in [-0.3, -0.25) is 0 Å². The molecule has 1 radical (unpaired) electrons. The molecule has 0 saturated carbocycles. The first-order chi connectivity index (χ1) is 3.93. The summed E-state index contributed by atoms with van der Waals surface area (Å²) in [5.74, 6) is 0. The molecule has 0 saturated heterocycles. The van der Waals surface area contributed by atoms with Gasteiger partial charge in [-0.1, -0.05) is 0 Å². The predicted octanol–water partition coefficient (Wildman–Crippen LogP) is -0.231. The van der Waals surface area contributed by atoms with Crippen molar-refractivity contribution in [3.05, 3.63) is 24.3 Å². The standard InChI is InChI=1S/C5H5N2O/c8-3-5-1-2-6-4-7-5/h1-2,8H,3H2. The number of aliphatic hydroxyl groups is 1. The Hall–Kier alpha value is -0.960. The highest BCUT2D eigenvalue weighted by Gasteiger charge is 1.84. The molecular weight excluding hydrogens is 104 g/mol. The van der Waals surface area contributed by atoms with Crippen LogP contribution in [-0.2, 0) is 6.61 Å². The highest BCUT2D eigenvalue weighted by molar-refractivity contribution is 4.94. The fourth-order valence-corrected chi connectivity index (χ4v) is 0.375. The van der Waals surface area contributed by atoms with Crippen LogP contribution in [0.2, 0.25) is 0 Å². The lowest BCUT2D eigenvalue weighted by atomic mass is 10.4. The monoisotopic (exact) mass is 109 g/mol. The molecule has 0 amide bonds. The number of rotatable bonds is 1. The van der Waals surface area contributed by atoms with Gasteiger partial charge < -0.3 is 5.11 Å². The van der Waals surface area contributed by atoms with Gasteiger partial charge in [-0.05, 0) is 6.07 Å². The molecule has 0 unspecified atom stereocenters. The molecule has 0 spiro atoms. The fourth-order valence-electron chi connectivity index (χ4n) is 0.375. The van der Waals surface area contributed by atoms with Gasteiger partial charge in [0.15, 0.2) is 6.33 Å². The lowest BCUT2D eigenvalue weighted by molar-refractivity contribution is 0.276. The van der Waals surface area contributed by atoms with Crippen molar-refractivity contribution < 1.29 is 5.11 Å². The fraction of sp³-hybridized carbons (Fsp3) is 0.200. The maximum atomic E-state index is 8.43. The van der Waals surface area contributed by atoms with Crippen LogP contribution in [0.1, 0.15) is 5.69 Å². The van der Waals surface area contributed by atoms with Gasteiger partial charge in [-0.15, -0.1) is 0 Å². The molecule has 3 nitrogen and oxygen atoms in total. The summed E-state index contributed by atoms with van der Waals surface area (Å²) in [6, 6.07) is 1.64. The van der Waals surface area contributed by atoms with Crippen molar-refractivity contribution in [1.82, 2.24) is 9.97 Å². The first-order valence-electron chi connectivity index (χ1n) is 2.22. The quantitative estimate of drug-likeness (QED) is 0.541. The van der Waals surface area contributed by atoms with Gasteiger partial charge in [0.2, 0.25) is 0 Å². The molecule has 1 aromatic rings.